The second kappa shape index (κ2) is 12.4. The van der Waals surface area contributed by atoms with E-state index >= 15 is 0 Å². The van der Waals surface area contributed by atoms with Gasteiger partial charge in [-0.1, -0.05) is 48.5 Å². The Hall–Kier alpha value is -4.89. The largest absolute Gasteiger partial charge is 0.497 e. The molecule has 9 heteroatoms. The summed E-state index contributed by atoms with van der Waals surface area (Å²) in [6, 6.07) is 24.1. The van der Waals surface area contributed by atoms with Gasteiger partial charge < -0.3 is 30.3 Å². The third kappa shape index (κ3) is 6.23. The number of nitrogens with one attached hydrogen (secondary N) is 3. The molecule has 44 heavy (non-hydrogen) atoms. The zero-order chi connectivity index (χ0) is 30.7. The van der Waals surface area contributed by atoms with E-state index in [0.29, 0.717) is 18.8 Å². The molecule has 3 aromatic carbocycles. The Kier molecular flexibility index (Phi) is 8.21. The lowest BCUT2D eigenvalue weighted by Crippen LogP contribution is -2.50. The summed E-state index contributed by atoms with van der Waals surface area (Å²) in [7, 11) is 1.66. The Labute approximate surface area is 256 Å². The number of aromatic nitrogens is 5. The monoisotopic (exact) mass is 589 g/mol. The van der Waals surface area contributed by atoms with Crippen molar-refractivity contribution in [3.63, 3.8) is 0 Å². The number of methoxy groups -OCH3 is 1. The Morgan fingerprint density at radius 1 is 0.909 bits per heavy atom. The van der Waals surface area contributed by atoms with E-state index < -0.39 is 11.6 Å². The standard InChI is InChI=1S/C35H39N7O2/c1-35(2,36)34(43)39-31(19-25-21-38-30-13-7-5-11-28(25)30)33-41-40-32(42(33)22-23-15-17-26(44-3)18-16-23)14-8-9-24-20-37-29-12-6-4-10-27(24)29/h4-7,10-13,15-18,20-21,31,37-38H,8-9,14,19,22,36H2,1-3H3,(H,39,43)/t31-/m1/s1. The Morgan fingerprint density at radius 3 is 2.20 bits per heavy atom. The van der Waals surface area contributed by atoms with Gasteiger partial charge in [0.15, 0.2) is 5.82 Å². The summed E-state index contributed by atoms with van der Waals surface area (Å²) in [6.07, 6.45) is 7.17. The van der Waals surface area contributed by atoms with Crippen LogP contribution in [-0.2, 0) is 30.6 Å². The van der Waals surface area contributed by atoms with Crippen molar-refractivity contribution >= 4 is 27.7 Å². The number of aromatic amines is 2. The van der Waals surface area contributed by atoms with Gasteiger partial charge in [-0.25, -0.2) is 0 Å². The van der Waals surface area contributed by atoms with Crippen LogP contribution in [0.2, 0.25) is 0 Å². The van der Waals surface area contributed by atoms with E-state index in [1.54, 1.807) is 21.0 Å². The fraction of sp³-hybridized carbons (Fsp3) is 0.286. The molecule has 0 unspecified atom stereocenters. The highest BCUT2D eigenvalue weighted by molar-refractivity contribution is 5.86. The number of benzene rings is 3. The topological polar surface area (TPSA) is 127 Å². The van der Waals surface area contributed by atoms with Crippen molar-refractivity contribution in [3.05, 3.63) is 114 Å². The third-order valence-corrected chi connectivity index (χ3v) is 8.18. The molecule has 3 heterocycles. The van der Waals surface area contributed by atoms with Crippen molar-refractivity contribution in [2.75, 3.05) is 7.11 Å². The van der Waals surface area contributed by atoms with Gasteiger partial charge >= 0.3 is 0 Å². The summed E-state index contributed by atoms with van der Waals surface area (Å²) in [5.41, 5.74) is 10.8. The molecule has 0 bridgehead atoms. The van der Waals surface area contributed by atoms with E-state index in [9.17, 15) is 4.79 Å². The van der Waals surface area contributed by atoms with Gasteiger partial charge in [-0.3, -0.25) is 4.79 Å². The molecule has 0 fully saturated rings. The van der Waals surface area contributed by atoms with Crippen molar-refractivity contribution < 1.29 is 9.53 Å². The summed E-state index contributed by atoms with van der Waals surface area (Å²) >= 11 is 0. The zero-order valence-electron chi connectivity index (χ0n) is 25.4. The number of nitrogens with two attached hydrogens (primary N) is 1. The SMILES string of the molecule is COc1ccc(Cn2c(CCCc3c[nH]c4ccccc34)nnc2[C@@H](Cc2c[nH]c3ccccc23)NC(=O)C(C)(C)N)cc1. The number of ether oxygens (including phenoxy) is 1. The van der Waals surface area contributed by atoms with E-state index in [4.69, 9.17) is 20.7 Å². The van der Waals surface area contributed by atoms with Gasteiger partial charge in [0.25, 0.3) is 0 Å². The third-order valence-electron chi connectivity index (χ3n) is 8.18. The number of hydrogen-bond donors (Lipinski definition) is 4. The number of amides is 1. The van der Waals surface area contributed by atoms with Crippen molar-refractivity contribution in [2.45, 2.75) is 57.7 Å². The van der Waals surface area contributed by atoms with Gasteiger partial charge in [-0.15, -0.1) is 10.2 Å². The van der Waals surface area contributed by atoms with Gasteiger partial charge in [0, 0.05) is 47.0 Å². The Bertz CT molecular complexity index is 1870. The predicted octanol–water partition coefficient (Wildman–Crippen LogP) is 5.61. The number of carbonyl (C=O) groups excluding carboxylic acids is 1. The lowest BCUT2D eigenvalue weighted by Gasteiger charge is -2.25. The second-order valence-electron chi connectivity index (χ2n) is 11.9. The molecule has 0 saturated heterocycles. The number of H-pyrrole nitrogens is 2. The van der Waals surface area contributed by atoms with Crippen LogP contribution in [0.4, 0.5) is 0 Å². The maximum atomic E-state index is 13.3. The van der Waals surface area contributed by atoms with Crippen LogP contribution in [0.1, 0.15) is 54.6 Å². The van der Waals surface area contributed by atoms with Crippen molar-refractivity contribution in [1.82, 2.24) is 30.0 Å². The summed E-state index contributed by atoms with van der Waals surface area (Å²) < 4.78 is 7.54. The van der Waals surface area contributed by atoms with Crippen LogP contribution in [0.15, 0.2) is 85.2 Å². The summed E-state index contributed by atoms with van der Waals surface area (Å²) in [5.74, 6) is 2.13. The number of aryl methyl sites for hydroxylation is 2. The van der Waals surface area contributed by atoms with E-state index in [0.717, 1.165) is 58.4 Å². The summed E-state index contributed by atoms with van der Waals surface area (Å²) in [6.45, 7) is 3.98. The smallest absolute Gasteiger partial charge is 0.240 e. The molecule has 5 N–H and O–H groups in total. The van der Waals surface area contributed by atoms with Gasteiger partial charge in [-0.2, -0.15) is 0 Å². The number of para-hydroxylation sites is 2. The van der Waals surface area contributed by atoms with Crippen LogP contribution >= 0.6 is 0 Å². The normalized spacial score (nSPS) is 12.5. The predicted molar refractivity (Wildman–Crippen MR) is 174 cm³/mol. The van der Waals surface area contributed by atoms with Crippen LogP contribution in [0, 0.1) is 0 Å². The number of fused-ring (bicyclic) bond motifs is 2. The average Bonchev–Trinajstić information content (AvgIpc) is 3.74. The summed E-state index contributed by atoms with van der Waals surface area (Å²) in [5, 5.41) is 15.0. The minimum absolute atomic E-state index is 0.248. The molecule has 6 aromatic rings. The quantitative estimate of drug-likeness (QED) is 0.148. The van der Waals surface area contributed by atoms with Crippen molar-refractivity contribution in [3.8, 4) is 5.75 Å². The molecule has 0 spiro atoms. The average molecular weight is 590 g/mol. The van der Waals surface area contributed by atoms with Gasteiger partial charge in [0.2, 0.25) is 5.91 Å². The number of nitrogens with zero attached hydrogens (tertiary/aromatic N) is 3. The maximum absolute atomic E-state index is 13.3. The highest BCUT2D eigenvalue weighted by Crippen LogP contribution is 2.27. The minimum Gasteiger partial charge on any atom is -0.497 e. The first-order chi connectivity index (χ1) is 21.3. The molecule has 0 aliphatic carbocycles. The fourth-order valence-corrected chi connectivity index (χ4v) is 5.72. The van der Waals surface area contributed by atoms with Crippen molar-refractivity contribution in [2.24, 2.45) is 5.73 Å². The fourth-order valence-electron chi connectivity index (χ4n) is 5.72. The van der Waals surface area contributed by atoms with Gasteiger partial charge in [-0.05, 0) is 67.6 Å². The molecule has 1 amide bonds. The van der Waals surface area contributed by atoms with E-state index in [2.05, 4.69) is 62.4 Å². The van der Waals surface area contributed by atoms with E-state index in [-0.39, 0.29) is 5.91 Å². The van der Waals surface area contributed by atoms with Crippen LogP contribution in [0.3, 0.4) is 0 Å². The molecule has 0 saturated carbocycles. The van der Waals surface area contributed by atoms with E-state index in [1.807, 2.05) is 42.6 Å². The molecular formula is C35H39N7O2. The van der Waals surface area contributed by atoms with Crippen LogP contribution < -0.4 is 15.8 Å². The van der Waals surface area contributed by atoms with E-state index in [1.165, 1.54) is 10.9 Å². The highest BCUT2D eigenvalue weighted by atomic mass is 16.5. The molecular weight excluding hydrogens is 550 g/mol. The molecule has 0 aliphatic rings. The van der Waals surface area contributed by atoms with Crippen molar-refractivity contribution in [1.29, 1.82) is 0 Å². The molecule has 0 aliphatic heterocycles. The highest BCUT2D eigenvalue weighted by Gasteiger charge is 2.29. The molecule has 9 nitrogen and oxygen atoms in total. The molecule has 6 rings (SSSR count). The lowest BCUT2D eigenvalue weighted by molar-refractivity contribution is -0.126. The number of hydrogen-bond acceptors (Lipinski definition) is 5. The first-order valence-corrected chi connectivity index (χ1v) is 15.0. The molecule has 1 atom stereocenters. The lowest BCUT2D eigenvalue weighted by atomic mass is 10.0. The number of rotatable bonds is 12. The molecule has 226 valence electrons. The Morgan fingerprint density at radius 2 is 1.55 bits per heavy atom. The molecule has 3 aromatic heterocycles. The zero-order valence-corrected chi connectivity index (χ0v) is 25.4. The molecule has 0 radical (unpaired) electrons. The first kappa shape index (κ1) is 29.2. The summed E-state index contributed by atoms with van der Waals surface area (Å²) in [4.78, 5) is 20.0. The van der Waals surface area contributed by atoms with Gasteiger partial charge in [0.1, 0.15) is 11.6 Å². The van der Waals surface area contributed by atoms with Crippen LogP contribution in [-0.4, -0.2) is 43.3 Å². The van der Waals surface area contributed by atoms with Gasteiger partial charge in [0.05, 0.1) is 25.2 Å². The second-order valence-corrected chi connectivity index (χ2v) is 11.9. The first-order valence-electron chi connectivity index (χ1n) is 15.0. The number of carbonyl (C=O) groups is 1. The minimum atomic E-state index is -1.05. The van der Waals surface area contributed by atoms with Crippen LogP contribution in [0.25, 0.3) is 21.8 Å². The van der Waals surface area contributed by atoms with Crippen LogP contribution in [0.5, 0.6) is 5.75 Å². The maximum Gasteiger partial charge on any atom is 0.240 e. The Balaban J connectivity index is 1.34.